The fourth-order valence-corrected chi connectivity index (χ4v) is 3.98. The number of hydrogen-bond acceptors (Lipinski definition) is 7. The molecular weight excluding hydrogens is 400 g/mol. The number of nitrogens with zero attached hydrogens (tertiary/aromatic N) is 1. The number of carbonyl (C=O) groups is 3. The topological polar surface area (TPSA) is 123 Å². The maximum absolute atomic E-state index is 12.9. The van der Waals surface area contributed by atoms with Crippen LogP contribution >= 0.6 is 0 Å². The van der Waals surface area contributed by atoms with E-state index in [0.29, 0.717) is 11.3 Å². The Balaban J connectivity index is 1.68. The van der Waals surface area contributed by atoms with Crippen LogP contribution in [0.5, 0.6) is 5.75 Å². The Hall–Kier alpha value is -2.65. The zero-order valence-electron chi connectivity index (χ0n) is 18.6. The van der Waals surface area contributed by atoms with Crippen LogP contribution in [0, 0.1) is 0 Å². The van der Waals surface area contributed by atoms with E-state index >= 15 is 0 Å². The second kappa shape index (κ2) is 9.23. The van der Waals surface area contributed by atoms with Crippen LogP contribution in [-0.4, -0.2) is 66.6 Å². The van der Waals surface area contributed by atoms with Crippen LogP contribution in [0.25, 0.3) is 0 Å². The van der Waals surface area contributed by atoms with Crippen molar-refractivity contribution in [3.63, 3.8) is 0 Å². The number of nitrogens with two attached hydrogens (primary N) is 1. The third kappa shape index (κ3) is 5.54. The van der Waals surface area contributed by atoms with Gasteiger partial charge in [-0.25, -0.2) is 0 Å². The summed E-state index contributed by atoms with van der Waals surface area (Å²) in [4.78, 5) is 38.5. The summed E-state index contributed by atoms with van der Waals surface area (Å²) in [5.41, 5.74) is 6.25. The summed E-state index contributed by atoms with van der Waals surface area (Å²) < 4.78 is 11.4. The lowest BCUT2D eigenvalue weighted by atomic mass is 10.1. The summed E-state index contributed by atoms with van der Waals surface area (Å²) in [6.45, 7) is 7.13. The normalized spacial score (nSPS) is 21.7. The van der Waals surface area contributed by atoms with Crippen molar-refractivity contribution in [2.75, 3.05) is 20.1 Å². The number of benzene rings is 1. The SMILES string of the molecule is CNC1CNCC1Oc1ccc2c(c1)CN(C(CCC(=O)OC(C)(C)C)C(N)=O)C2=O. The van der Waals surface area contributed by atoms with E-state index in [1.807, 2.05) is 13.1 Å². The molecule has 3 rings (SSSR count). The van der Waals surface area contributed by atoms with Crippen molar-refractivity contribution in [1.29, 1.82) is 0 Å². The average molecular weight is 433 g/mol. The van der Waals surface area contributed by atoms with Crippen molar-refractivity contribution in [1.82, 2.24) is 15.5 Å². The van der Waals surface area contributed by atoms with Crippen LogP contribution in [0.15, 0.2) is 18.2 Å². The van der Waals surface area contributed by atoms with Gasteiger partial charge < -0.3 is 30.7 Å². The van der Waals surface area contributed by atoms with Crippen molar-refractivity contribution >= 4 is 17.8 Å². The highest BCUT2D eigenvalue weighted by molar-refractivity contribution is 6.01. The monoisotopic (exact) mass is 432 g/mol. The first-order valence-electron chi connectivity index (χ1n) is 10.6. The van der Waals surface area contributed by atoms with E-state index in [1.54, 1.807) is 32.9 Å². The van der Waals surface area contributed by atoms with Gasteiger partial charge in [-0.05, 0) is 58.0 Å². The van der Waals surface area contributed by atoms with Crippen molar-refractivity contribution in [2.24, 2.45) is 5.73 Å². The molecule has 31 heavy (non-hydrogen) atoms. The van der Waals surface area contributed by atoms with Crippen LogP contribution in [-0.2, 0) is 20.9 Å². The first kappa shape index (κ1) is 23.0. The predicted octanol–water partition coefficient (Wildman–Crippen LogP) is 0.557. The van der Waals surface area contributed by atoms with Gasteiger partial charge in [0.1, 0.15) is 23.5 Å². The third-order valence-electron chi connectivity index (χ3n) is 5.47. The van der Waals surface area contributed by atoms with E-state index in [2.05, 4.69) is 10.6 Å². The smallest absolute Gasteiger partial charge is 0.306 e. The highest BCUT2D eigenvalue weighted by Gasteiger charge is 2.36. The number of ether oxygens (including phenoxy) is 2. The Morgan fingerprint density at radius 3 is 2.71 bits per heavy atom. The zero-order valence-corrected chi connectivity index (χ0v) is 18.6. The van der Waals surface area contributed by atoms with Gasteiger partial charge in [-0.15, -0.1) is 0 Å². The molecule has 0 spiro atoms. The first-order chi connectivity index (χ1) is 14.6. The summed E-state index contributed by atoms with van der Waals surface area (Å²) in [7, 11) is 1.90. The van der Waals surface area contributed by atoms with E-state index in [0.717, 1.165) is 18.7 Å². The maximum atomic E-state index is 12.9. The first-order valence-corrected chi connectivity index (χ1v) is 10.6. The van der Waals surface area contributed by atoms with E-state index in [1.165, 1.54) is 4.90 Å². The molecule has 3 atom stereocenters. The molecule has 3 unspecified atom stereocenters. The number of primary amides is 1. The Kier molecular flexibility index (Phi) is 6.86. The molecule has 0 aromatic heterocycles. The molecule has 0 aliphatic carbocycles. The summed E-state index contributed by atoms with van der Waals surface area (Å²) in [5, 5.41) is 6.51. The molecule has 1 saturated heterocycles. The molecule has 0 saturated carbocycles. The summed E-state index contributed by atoms with van der Waals surface area (Å²) in [6, 6.07) is 4.65. The maximum Gasteiger partial charge on any atom is 0.306 e. The number of fused-ring (bicyclic) bond motifs is 1. The average Bonchev–Trinajstić information content (AvgIpc) is 3.24. The molecular formula is C22H32N4O5. The number of hydrogen-bond donors (Lipinski definition) is 3. The molecule has 9 nitrogen and oxygen atoms in total. The minimum Gasteiger partial charge on any atom is -0.487 e. The fraction of sp³-hybridized carbons (Fsp3) is 0.591. The highest BCUT2D eigenvalue weighted by Crippen LogP contribution is 2.30. The molecule has 0 radical (unpaired) electrons. The van der Waals surface area contributed by atoms with E-state index in [4.69, 9.17) is 15.2 Å². The van der Waals surface area contributed by atoms with Crippen molar-refractivity contribution < 1.29 is 23.9 Å². The Morgan fingerprint density at radius 1 is 1.32 bits per heavy atom. The summed E-state index contributed by atoms with van der Waals surface area (Å²) in [6.07, 6.45) is 0.105. The molecule has 1 fully saturated rings. The molecule has 2 amide bonds. The molecule has 4 N–H and O–H groups in total. The third-order valence-corrected chi connectivity index (χ3v) is 5.47. The van der Waals surface area contributed by atoms with Crippen LogP contribution < -0.4 is 21.1 Å². The number of likely N-dealkylation sites (N-methyl/N-ethyl adjacent to an activating group) is 1. The Labute approximate surface area is 182 Å². The number of carbonyl (C=O) groups excluding carboxylic acids is 3. The Morgan fingerprint density at radius 2 is 2.06 bits per heavy atom. The molecule has 170 valence electrons. The van der Waals surface area contributed by atoms with E-state index in [-0.39, 0.29) is 37.4 Å². The number of rotatable bonds is 8. The van der Waals surface area contributed by atoms with Gasteiger partial charge in [0.05, 0.1) is 6.04 Å². The van der Waals surface area contributed by atoms with Crippen molar-refractivity contribution in [3.05, 3.63) is 29.3 Å². The van der Waals surface area contributed by atoms with Gasteiger partial charge in [0.25, 0.3) is 5.91 Å². The van der Waals surface area contributed by atoms with Gasteiger partial charge >= 0.3 is 5.97 Å². The van der Waals surface area contributed by atoms with Crippen LogP contribution in [0.4, 0.5) is 0 Å². The number of esters is 1. The molecule has 9 heteroatoms. The Bertz CT molecular complexity index is 851. The number of amides is 2. The molecule has 0 bridgehead atoms. The summed E-state index contributed by atoms with van der Waals surface area (Å²) in [5.74, 6) is -0.671. The van der Waals surface area contributed by atoms with Gasteiger partial charge in [-0.2, -0.15) is 0 Å². The van der Waals surface area contributed by atoms with Crippen LogP contribution in [0.3, 0.4) is 0 Å². The standard InChI is InChI=1S/C22H32N4O5/c1-22(2,3)31-19(27)8-7-17(20(23)28)26-12-13-9-14(5-6-15(13)21(26)29)30-18-11-25-10-16(18)24-4/h5-6,9,16-18,24-25H,7-8,10-12H2,1-4H3,(H2,23,28). The fourth-order valence-electron chi connectivity index (χ4n) is 3.98. The second-order valence-corrected chi connectivity index (χ2v) is 9.01. The van der Waals surface area contributed by atoms with Gasteiger partial charge in [-0.1, -0.05) is 0 Å². The molecule has 2 heterocycles. The van der Waals surface area contributed by atoms with Crippen molar-refractivity contribution in [3.8, 4) is 5.75 Å². The van der Waals surface area contributed by atoms with E-state index < -0.39 is 23.5 Å². The second-order valence-electron chi connectivity index (χ2n) is 9.01. The quantitative estimate of drug-likeness (QED) is 0.513. The van der Waals surface area contributed by atoms with Gasteiger partial charge in [0.15, 0.2) is 0 Å². The molecule has 1 aromatic carbocycles. The summed E-state index contributed by atoms with van der Waals surface area (Å²) >= 11 is 0. The lowest BCUT2D eigenvalue weighted by molar-refractivity contribution is -0.155. The molecule has 1 aromatic rings. The van der Waals surface area contributed by atoms with Crippen LogP contribution in [0.1, 0.15) is 49.5 Å². The predicted molar refractivity (Wildman–Crippen MR) is 115 cm³/mol. The molecule has 2 aliphatic heterocycles. The number of nitrogens with one attached hydrogen (secondary N) is 2. The minimum atomic E-state index is -0.885. The van der Waals surface area contributed by atoms with E-state index in [9.17, 15) is 14.4 Å². The highest BCUT2D eigenvalue weighted by atomic mass is 16.6. The lowest BCUT2D eigenvalue weighted by Crippen LogP contribution is -2.45. The molecule has 2 aliphatic rings. The van der Waals surface area contributed by atoms with Gasteiger partial charge in [0.2, 0.25) is 5.91 Å². The van der Waals surface area contributed by atoms with Gasteiger partial charge in [-0.3, -0.25) is 14.4 Å². The largest absolute Gasteiger partial charge is 0.487 e. The van der Waals surface area contributed by atoms with Crippen LogP contribution in [0.2, 0.25) is 0 Å². The van der Waals surface area contributed by atoms with Crippen molar-refractivity contribution in [2.45, 2.75) is 63.9 Å². The zero-order chi connectivity index (χ0) is 22.8. The lowest BCUT2D eigenvalue weighted by Gasteiger charge is -2.25. The minimum absolute atomic E-state index is 0.000546. The van der Waals surface area contributed by atoms with Gasteiger partial charge in [0, 0.05) is 31.6 Å².